The lowest BCUT2D eigenvalue weighted by atomic mass is 10.00. The molecule has 0 amide bonds. The summed E-state index contributed by atoms with van der Waals surface area (Å²) in [7, 11) is 0. The summed E-state index contributed by atoms with van der Waals surface area (Å²) >= 11 is 6.13. The Hall–Kier alpha value is -2.58. The van der Waals surface area contributed by atoms with Crippen molar-refractivity contribution in [1.29, 1.82) is 0 Å². The number of pyridine rings is 1. The predicted octanol–water partition coefficient (Wildman–Crippen LogP) is 5.82. The minimum atomic E-state index is 0.676. The molecule has 0 aliphatic heterocycles. The van der Waals surface area contributed by atoms with E-state index in [9.17, 15) is 0 Å². The summed E-state index contributed by atoms with van der Waals surface area (Å²) < 4.78 is 5.49. The van der Waals surface area contributed by atoms with Crippen LogP contribution < -0.4 is 0 Å². The molecule has 0 saturated heterocycles. The fourth-order valence-corrected chi connectivity index (χ4v) is 2.77. The Balaban J connectivity index is 2.05. The molecule has 0 N–H and O–H groups in total. The molecule has 22 heavy (non-hydrogen) atoms. The van der Waals surface area contributed by atoms with Crippen molar-refractivity contribution < 1.29 is 4.42 Å². The first kappa shape index (κ1) is 13.1. The van der Waals surface area contributed by atoms with Crippen molar-refractivity contribution in [2.75, 3.05) is 0 Å². The molecule has 0 aliphatic rings. The monoisotopic (exact) mass is 305 g/mol. The molecule has 0 unspecified atom stereocenters. The van der Waals surface area contributed by atoms with Gasteiger partial charge in [-0.2, -0.15) is 0 Å². The first-order valence-corrected chi connectivity index (χ1v) is 7.39. The number of aromatic nitrogens is 1. The highest BCUT2D eigenvalue weighted by molar-refractivity contribution is 6.31. The van der Waals surface area contributed by atoms with Gasteiger partial charge in [-0.25, -0.2) is 4.98 Å². The molecule has 2 heterocycles. The summed E-state index contributed by atoms with van der Waals surface area (Å²) in [6.07, 6.45) is 1.65. The molecule has 0 atom stereocenters. The van der Waals surface area contributed by atoms with E-state index in [0.717, 1.165) is 33.5 Å². The summed E-state index contributed by atoms with van der Waals surface area (Å²) in [5.41, 5.74) is 3.93. The van der Waals surface area contributed by atoms with E-state index in [2.05, 4.69) is 23.2 Å². The van der Waals surface area contributed by atoms with Gasteiger partial charge in [-0.3, -0.25) is 0 Å². The SMILES string of the molecule is Clc1ccc2c(-c3ccccc3)cc(-c3ccco3)nc2c1. The van der Waals surface area contributed by atoms with Crippen molar-refractivity contribution in [3.05, 3.63) is 78.0 Å². The van der Waals surface area contributed by atoms with Gasteiger partial charge in [0.15, 0.2) is 5.76 Å². The third kappa shape index (κ3) is 2.28. The molecule has 0 radical (unpaired) electrons. The number of hydrogen-bond donors (Lipinski definition) is 0. The van der Waals surface area contributed by atoms with Crippen molar-refractivity contribution >= 4 is 22.5 Å². The van der Waals surface area contributed by atoms with Gasteiger partial charge in [-0.1, -0.05) is 48.0 Å². The highest BCUT2D eigenvalue weighted by atomic mass is 35.5. The fourth-order valence-electron chi connectivity index (χ4n) is 2.61. The Labute approximate surface area is 133 Å². The average Bonchev–Trinajstić information content (AvgIpc) is 3.09. The van der Waals surface area contributed by atoms with Crippen LogP contribution in [0.2, 0.25) is 5.02 Å². The van der Waals surface area contributed by atoms with Gasteiger partial charge < -0.3 is 4.42 Å². The van der Waals surface area contributed by atoms with E-state index in [1.54, 1.807) is 6.26 Å². The average molecular weight is 306 g/mol. The Morgan fingerprint density at radius 3 is 2.50 bits per heavy atom. The number of hydrogen-bond acceptors (Lipinski definition) is 2. The van der Waals surface area contributed by atoms with Crippen LogP contribution in [0.15, 0.2) is 77.4 Å². The molecule has 3 heteroatoms. The molecule has 0 bridgehead atoms. The molecule has 0 aliphatic carbocycles. The Kier molecular flexibility index (Phi) is 3.17. The van der Waals surface area contributed by atoms with Crippen LogP contribution in [0.5, 0.6) is 0 Å². The van der Waals surface area contributed by atoms with E-state index in [0.29, 0.717) is 5.02 Å². The minimum absolute atomic E-state index is 0.676. The minimum Gasteiger partial charge on any atom is -0.463 e. The quantitative estimate of drug-likeness (QED) is 0.466. The van der Waals surface area contributed by atoms with Crippen molar-refractivity contribution in [3.8, 4) is 22.6 Å². The second-order valence-corrected chi connectivity index (χ2v) is 5.50. The zero-order valence-corrected chi connectivity index (χ0v) is 12.4. The Morgan fingerprint density at radius 1 is 0.864 bits per heavy atom. The largest absolute Gasteiger partial charge is 0.463 e. The number of benzene rings is 2. The second-order valence-electron chi connectivity index (χ2n) is 5.06. The van der Waals surface area contributed by atoms with Gasteiger partial charge in [0.2, 0.25) is 0 Å². The maximum atomic E-state index is 6.13. The number of rotatable bonds is 2. The number of nitrogens with zero attached hydrogens (tertiary/aromatic N) is 1. The molecule has 0 spiro atoms. The van der Waals surface area contributed by atoms with Crippen LogP contribution in [-0.2, 0) is 0 Å². The second kappa shape index (κ2) is 5.32. The summed E-state index contributed by atoms with van der Waals surface area (Å²) in [6.45, 7) is 0. The fraction of sp³-hybridized carbons (Fsp3) is 0. The smallest absolute Gasteiger partial charge is 0.152 e. The topological polar surface area (TPSA) is 26.0 Å². The van der Waals surface area contributed by atoms with Gasteiger partial charge in [0.25, 0.3) is 0 Å². The predicted molar refractivity (Wildman–Crippen MR) is 89.9 cm³/mol. The molecule has 0 fully saturated rings. The third-order valence-electron chi connectivity index (χ3n) is 3.63. The first-order chi connectivity index (χ1) is 10.8. The zero-order valence-electron chi connectivity index (χ0n) is 11.7. The normalized spacial score (nSPS) is 11.0. The lowest BCUT2D eigenvalue weighted by Gasteiger charge is -2.09. The van der Waals surface area contributed by atoms with Gasteiger partial charge >= 0.3 is 0 Å². The number of fused-ring (bicyclic) bond motifs is 1. The van der Waals surface area contributed by atoms with E-state index < -0.39 is 0 Å². The van der Waals surface area contributed by atoms with Gasteiger partial charge in [0.05, 0.1) is 11.8 Å². The molecular formula is C19H12ClNO. The summed E-state index contributed by atoms with van der Waals surface area (Å²) in [5, 5.41) is 1.75. The van der Waals surface area contributed by atoms with Crippen LogP contribution in [0.4, 0.5) is 0 Å². The highest BCUT2D eigenvalue weighted by Gasteiger charge is 2.11. The highest BCUT2D eigenvalue weighted by Crippen LogP contribution is 2.33. The maximum Gasteiger partial charge on any atom is 0.152 e. The number of halogens is 1. The van der Waals surface area contributed by atoms with Crippen LogP contribution in [-0.4, -0.2) is 4.98 Å². The van der Waals surface area contributed by atoms with Crippen molar-refractivity contribution in [3.63, 3.8) is 0 Å². The van der Waals surface area contributed by atoms with Gasteiger partial charge in [0.1, 0.15) is 5.69 Å². The van der Waals surface area contributed by atoms with Crippen LogP contribution in [0, 0.1) is 0 Å². The van der Waals surface area contributed by atoms with E-state index in [1.807, 2.05) is 48.5 Å². The summed E-state index contributed by atoms with van der Waals surface area (Å²) in [5.74, 6) is 0.749. The molecule has 2 nitrogen and oxygen atoms in total. The van der Waals surface area contributed by atoms with E-state index >= 15 is 0 Å². The van der Waals surface area contributed by atoms with E-state index in [1.165, 1.54) is 0 Å². The van der Waals surface area contributed by atoms with Crippen LogP contribution in [0.25, 0.3) is 33.5 Å². The lowest BCUT2D eigenvalue weighted by Crippen LogP contribution is -1.89. The maximum absolute atomic E-state index is 6.13. The standard InChI is InChI=1S/C19H12ClNO/c20-14-8-9-15-16(13-5-2-1-3-6-13)12-18(21-17(15)11-14)19-7-4-10-22-19/h1-12H. The first-order valence-electron chi connectivity index (χ1n) is 7.01. The molecular weight excluding hydrogens is 294 g/mol. The molecule has 2 aromatic carbocycles. The lowest BCUT2D eigenvalue weighted by molar-refractivity contribution is 0.580. The Bertz CT molecular complexity index is 930. The number of furan rings is 1. The van der Waals surface area contributed by atoms with Crippen molar-refractivity contribution in [2.24, 2.45) is 0 Å². The van der Waals surface area contributed by atoms with Crippen molar-refractivity contribution in [1.82, 2.24) is 4.98 Å². The molecule has 0 saturated carbocycles. The van der Waals surface area contributed by atoms with Crippen LogP contribution >= 0.6 is 11.6 Å². The van der Waals surface area contributed by atoms with Crippen LogP contribution in [0.1, 0.15) is 0 Å². The van der Waals surface area contributed by atoms with E-state index in [4.69, 9.17) is 16.0 Å². The molecule has 2 aromatic heterocycles. The summed E-state index contributed by atoms with van der Waals surface area (Å²) in [4.78, 5) is 4.69. The van der Waals surface area contributed by atoms with Crippen molar-refractivity contribution in [2.45, 2.75) is 0 Å². The van der Waals surface area contributed by atoms with Crippen LogP contribution in [0.3, 0.4) is 0 Å². The van der Waals surface area contributed by atoms with Gasteiger partial charge in [0, 0.05) is 10.4 Å². The van der Waals surface area contributed by atoms with Gasteiger partial charge in [-0.15, -0.1) is 0 Å². The third-order valence-corrected chi connectivity index (χ3v) is 3.87. The Morgan fingerprint density at radius 2 is 1.73 bits per heavy atom. The van der Waals surface area contributed by atoms with Gasteiger partial charge in [-0.05, 0) is 41.5 Å². The molecule has 4 rings (SSSR count). The molecule has 106 valence electrons. The zero-order chi connectivity index (χ0) is 14.9. The molecule has 4 aromatic rings. The van der Waals surface area contributed by atoms with E-state index in [-0.39, 0.29) is 0 Å². The summed E-state index contributed by atoms with van der Waals surface area (Å²) in [6, 6.07) is 21.9.